The van der Waals surface area contributed by atoms with Gasteiger partial charge in [0.1, 0.15) is 0 Å². The summed E-state index contributed by atoms with van der Waals surface area (Å²) in [5.74, 6) is 0.573. The molecule has 0 aromatic heterocycles. The highest BCUT2D eigenvalue weighted by Gasteiger charge is 2.34. The maximum Gasteiger partial charge on any atom is 0.227 e. The second kappa shape index (κ2) is 7.12. The van der Waals surface area contributed by atoms with Crippen LogP contribution in [0.3, 0.4) is 0 Å². The molecule has 2 rings (SSSR count). The molecule has 0 radical (unpaired) electrons. The van der Waals surface area contributed by atoms with Gasteiger partial charge in [0.05, 0.1) is 11.5 Å². The van der Waals surface area contributed by atoms with E-state index in [9.17, 15) is 4.79 Å². The number of nitrogens with one attached hydrogen (secondary N) is 1. The number of carbonyl (C=O) groups excluding carboxylic acids is 1. The molecular formula is C17H24ClNO. The number of hydrogen-bond acceptors (Lipinski definition) is 1. The zero-order chi connectivity index (χ0) is 14.4. The van der Waals surface area contributed by atoms with Gasteiger partial charge < -0.3 is 5.32 Å². The molecule has 3 heteroatoms. The molecule has 1 unspecified atom stereocenters. The van der Waals surface area contributed by atoms with Crippen LogP contribution in [0.5, 0.6) is 0 Å². The van der Waals surface area contributed by atoms with E-state index in [1.807, 2.05) is 30.3 Å². The van der Waals surface area contributed by atoms with Crippen LogP contribution in [0.15, 0.2) is 30.3 Å². The third-order valence-corrected chi connectivity index (χ3v) is 4.89. The first kappa shape index (κ1) is 15.4. The van der Waals surface area contributed by atoms with Gasteiger partial charge in [0.15, 0.2) is 0 Å². The van der Waals surface area contributed by atoms with Crippen molar-refractivity contribution in [3.63, 3.8) is 0 Å². The lowest BCUT2D eigenvalue weighted by Gasteiger charge is -2.37. The van der Waals surface area contributed by atoms with E-state index in [2.05, 4.69) is 12.2 Å². The quantitative estimate of drug-likeness (QED) is 0.809. The minimum absolute atomic E-state index is 0.0711. The highest BCUT2D eigenvalue weighted by Crippen LogP contribution is 2.30. The number of amides is 1. The van der Waals surface area contributed by atoms with Crippen LogP contribution in [0, 0.1) is 0 Å². The van der Waals surface area contributed by atoms with Crippen molar-refractivity contribution in [2.24, 2.45) is 0 Å². The third-order valence-electron chi connectivity index (χ3n) is 4.38. The van der Waals surface area contributed by atoms with Crippen LogP contribution >= 0.6 is 11.6 Å². The minimum Gasteiger partial charge on any atom is -0.349 e. The Hall–Kier alpha value is -1.02. The molecule has 1 amide bonds. The monoisotopic (exact) mass is 293 g/mol. The van der Waals surface area contributed by atoms with E-state index in [1.54, 1.807) is 0 Å². The Balaban J connectivity index is 2.09. The zero-order valence-corrected chi connectivity index (χ0v) is 13.0. The lowest BCUT2D eigenvalue weighted by atomic mass is 9.82. The Labute approximate surface area is 126 Å². The molecule has 1 saturated carbocycles. The van der Waals surface area contributed by atoms with E-state index in [1.165, 1.54) is 6.42 Å². The number of carbonyl (C=O) groups is 1. The van der Waals surface area contributed by atoms with Crippen LogP contribution < -0.4 is 5.32 Å². The van der Waals surface area contributed by atoms with Crippen LogP contribution in [0.25, 0.3) is 0 Å². The maximum atomic E-state index is 12.6. The average Bonchev–Trinajstić information content (AvgIpc) is 2.50. The first-order valence-electron chi connectivity index (χ1n) is 7.64. The summed E-state index contributed by atoms with van der Waals surface area (Å²) in [5.41, 5.74) is 0.909. The van der Waals surface area contributed by atoms with Crippen molar-refractivity contribution >= 4 is 17.5 Å². The summed E-state index contributed by atoms with van der Waals surface area (Å²) in [4.78, 5) is 12.6. The molecule has 1 aromatic carbocycles. The standard InChI is InChI=1S/C17H24ClNO/c1-2-15(14-9-5-3-6-10-14)16(20)19-17(13-18)11-7-4-8-12-17/h3,5-6,9-10,15H,2,4,7-8,11-13H2,1H3,(H,19,20). The Morgan fingerprint density at radius 1 is 1.25 bits per heavy atom. The summed E-state index contributed by atoms with van der Waals surface area (Å²) in [6.45, 7) is 2.06. The second-order valence-electron chi connectivity index (χ2n) is 5.84. The van der Waals surface area contributed by atoms with Gasteiger partial charge in [-0.2, -0.15) is 0 Å². The highest BCUT2D eigenvalue weighted by atomic mass is 35.5. The normalized spacial score (nSPS) is 19.3. The summed E-state index contributed by atoms with van der Waals surface area (Å²) in [6, 6.07) is 10.0. The summed E-state index contributed by atoms with van der Waals surface area (Å²) >= 11 is 6.16. The number of halogens is 1. The largest absolute Gasteiger partial charge is 0.349 e. The Kier molecular flexibility index (Phi) is 5.47. The molecule has 1 aliphatic carbocycles. The Morgan fingerprint density at radius 2 is 1.90 bits per heavy atom. The van der Waals surface area contributed by atoms with E-state index in [-0.39, 0.29) is 17.4 Å². The first-order chi connectivity index (χ1) is 9.71. The maximum absolute atomic E-state index is 12.6. The van der Waals surface area contributed by atoms with Gasteiger partial charge in [-0.25, -0.2) is 0 Å². The van der Waals surface area contributed by atoms with Gasteiger partial charge in [-0.05, 0) is 24.8 Å². The molecule has 0 bridgehead atoms. The van der Waals surface area contributed by atoms with Crippen molar-refractivity contribution in [2.75, 3.05) is 5.88 Å². The minimum atomic E-state index is -0.181. The lowest BCUT2D eigenvalue weighted by molar-refractivity contribution is -0.124. The van der Waals surface area contributed by atoms with Gasteiger partial charge in [0, 0.05) is 5.88 Å². The van der Waals surface area contributed by atoms with E-state index < -0.39 is 0 Å². The van der Waals surface area contributed by atoms with Gasteiger partial charge in [-0.3, -0.25) is 4.79 Å². The van der Waals surface area contributed by atoms with Crippen LogP contribution in [0.1, 0.15) is 56.9 Å². The predicted molar refractivity (Wildman–Crippen MR) is 84.2 cm³/mol. The topological polar surface area (TPSA) is 29.1 Å². The molecule has 110 valence electrons. The molecule has 1 aliphatic rings. The van der Waals surface area contributed by atoms with Crippen molar-refractivity contribution in [1.82, 2.24) is 5.32 Å². The van der Waals surface area contributed by atoms with Crippen molar-refractivity contribution in [1.29, 1.82) is 0 Å². The number of alkyl halides is 1. The van der Waals surface area contributed by atoms with Crippen LogP contribution in [-0.2, 0) is 4.79 Å². The fourth-order valence-corrected chi connectivity index (χ4v) is 3.46. The van der Waals surface area contributed by atoms with Gasteiger partial charge in [0.2, 0.25) is 5.91 Å². The lowest BCUT2D eigenvalue weighted by Crippen LogP contribution is -2.52. The van der Waals surface area contributed by atoms with E-state index in [4.69, 9.17) is 11.6 Å². The van der Waals surface area contributed by atoms with Crippen molar-refractivity contribution in [2.45, 2.75) is 56.9 Å². The van der Waals surface area contributed by atoms with Crippen molar-refractivity contribution in [3.8, 4) is 0 Å². The summed E-state index contributed by atoms with van der Waals surface area (Å²) in [6.07, 6.45) is 6.41. The van der Waals surface area contributed by atoms with Gasteiger partial charge in [-0.1, -0.05) is 56.5 Å². The molecular weight excluding hydrogens is 270 g/mol. The fourth-order valence-electron chi connectivity index (χ4n) is 3.13. The zero-order valence-electron chi connectivity index (χ0n) is 12.2. The number of hydrogen-bond donors (Lipinski definition) is 1. The van der Waals surface area contributed by atoms with Crippen molar-refractivity contribution in [3.05, 3.63) is 35.9 Å². The Bertz CT molecular complexity index is 426. The molecule has 0 saturated heterocycles. The van der Waals surface area contributed by atoms with E-state index in [0.717, 1.165) is 37.7 Å². The van der Waals surface area contributed by atoms with Crippen LogP contribution in [0.2, 0.25) is 0 Å². The molecule has 2 nitrogen and oxygen atoms in total. The number of benzene rings is 1. The predicted octanol–water partition coefficient (Wildman–Crippen LogP) is 4.24. The van der Waals surface area contributed by atoms with Crippen LogP contribution in [0.4, 0.5) is 0 Å². The van der Waals surface area contributed by atoms with Gasteiger partial charge in [0.25, 0.3) is 0 Å². The average molecular weight is 294 g/mol. The molecule has 1 N–H and O–H groups in total. The molecule has 1 atom stereocenters. The fraction of sp³-hybridized carbons (Fsp3) is 0.588. The summed E-state index contributed by atoms with van der Waals surface area (Å²) < 4.78 is 0. The molecule has 0 spiro atoms. The third kappa shape index (κ3) is 3.54. The second-order valence-corrected chi connectivity index (χ2v) is 6.10. The van der Waals surface area contributed by atoms with Crippen molar-refractivity contribution < 1.29 is 4.79 Å². The SMILES string of the molecule is CCC(C(=O)NC1(CCl)CCCCC1)c1ccccc1. The van der Waals surface area contributed by atoms with Crippen LogP contribution in [-0.4, -0.2) is 17.3 Å². The molecule has 1 fully saturated rings. The highest BCUT2D eigenvalue weighted by molar-refractivity contribution is 6.18. The molecule has 0 heterocycles. The molecule has 0 aliphatic heterocycles. The molecule has 20 heavy (non-hydrogen) atoms. The number of rotatable bonds is 5. The van der Waals surface area contributed by atoms with E-state index in [0.29, 0.717) is 5.88 Å². The Morgan fingerprint density at radius 3 is 2.45 bits per heavy atom. The van der Waals surface area contributed by atoms with E-state index >= 15 is 0 Å². The molecule has 1 aromatic rings. The van der Waals surface area contributed by atoms with Gasteiger partial charge >= 0.3 is 0 Å². The summed E-state index contributed by atoms with van der Waals surface area (Å²) in [7, 11) is 0. The smallest absolute Gasteiger partial charge is 0.227 e. The van der Waals surface area contributed by atoms with Gasteiger partial charge in [-0.15, -0.1) is 11.6 Å². The summed E-state index contributed by atoms with van der Waals surface area (Å²) in [5, 5.41) is 3.26. The first-order valence-corrected chi connectivity index (χ1v) is 8.17.